The molecule has 0 unspecified atom stereocenters. The lowest BCUT2D eigenvalue weighted by Gasteiger charge is -2.20. The van der Waals surface area contributed by atoms with Crippen molar-refractivity contribution in [3.63, 3.8) is 0 Å². The Morgan fingerprint density at radius 3 is 2.60 bits per heavy atom. The highest BCUT2D eigenvalue weighted by Gasteiger charge is 2.40. The SMILES string of the molecule is Cc1cccc(C)c1N1C(=O)C[C@H](Nc2ccc3cc[nH]c3c2)C1=O. The molecule has 1 atom stereocenters. The second-order valence-corrected chi connectivity index (χ2v) is 6.49. The van der Waals surface area contributed by atoms with Gasteiger partial charge in [-0.05, 0) is 48.6 Å². The fraction of sp³-hybridized carbons (Fsp3) is 0.200. The van der Waals surface area contributed by atoms with E-state index in [4.69, 9.17) is 0 Å². The Morgan fingerprint density at radius 2 is 1.84 bits per heavy atom. The molecule has 1 aliphatic heterocycles. The van der Waals surface area contributed by atoms with Crippen LogP contribution in [0.3, 0.4) is 0 Å². The number of aromatic amines is 1. The molecule has 2 heterocycles. The van der Waals surface area contributed by atoms with Gasteiger partial charge in [0.2, 0.25) is 5.91 Å². The van der Waals surface area contributed by atoms with E-state index in [1.165, 1.54) is 4.90 Å². The van der Waals surface area contributed by atoms with Gasteiger partial charge < -0.3 is 10.3 Å². The number of rotatable bonds is 3. The van der Waals surface area contributed by atoms with Crippen molar-refractivity contribution in [2.24, 2.45) is 0 Å². The van der Waals surface area contributed by atoms with Gasteiger partial charge >= 0.3 is 0 Å². The molecule has 2 N–H and O–H groups in total. The number of fused-ring (bicyclic) bond motifs is 1. The van der Waals surface area contributed by atoms with Crippen molar-refractivity contribution in [3.05, 3.63) is 59.8 Å². The van der Waals surface area contributed by atoms with Crippen LogP contribution in [0.5, 0.6) is 0 Å². The van der Waals surface area contributed by atoms with E-state index in [0.29, 0.717) is 5.69 Å². The maximum absolute atomic E-state index is 12.9. The zero-order valence-corrected chi connectivity index (χ0v) is 14.2. The van der Waals surface area contributed by atoms with Gasteiger partial charge in [0.1, 0.15) is 6.04 Å². The molecule has 2 aromatic carbocycles. The van der Waals surface area contributed by atoms with E-state index in [1.54, 1.807) is 0 Å². The van der Waals surface area contributed by atoms with E-state index in [1.807, 2.05) is 62.5 Å². The number of hydrogen-bond donors (Lipinski definition) is 2. The summed E-state index contributed by atoms with van der Waals surface area (Å²) < 4.78 is 0. The molecule has 5 nitrogen and oxygen atoms in total. The molecular formula is C20H19N3O2. The molecule has 25 heavy (non-hydrogen) atoms. The molecule has 0 radical (unpaired) electrons. The van der Waals surface area contributed by atoms with Crippen molar-refractivity contribution >= 4 is 34.1 Å². The third-order valence-corrected chi connectivity index (χ3v) is 4.71. The van der Waals surface area contributed by atoms with Crippen LogP contribution in [0.25, 0.3) is 10.9 Å². The van der Waals surface area contributed by atoms with Gasteiger partial charge in [-0.15, -0.1) is 0 Å². The third-order valence-electron chi connectivity index (χ3n) is 4.71. The average molecular weight is 333 g/mol. The first-order valence-electron chi connectivity index (χ1n) is 8.31. The lowest BCUT2D eigenvalue weighted by molar-refractivity contribution is -0.121. The maximum Gasteiger partial charge on any atom is 0.256 e. The normalized spacial score (nSPS) is 17.5. The summed E-state index contributed by atoms with van der Waals surface area (Å²) in [6.07, 6.45) is 2.04. The van der Waals surface area contributed by atoms with Crippen molar-refractivity contribution in [3.8, 4) is 0 Å². The molecule has 0 aliphatic carbocycles. The van der Waals surface area contributed by atoms with E-state index in [9.17, 15) is 9.59 Å². The molecule has 1 fully saturated rings. The Kier molecular flexibility index (Phi) is 3.57. The first-order chi connectivity index (χ1) is 12.0. The third kappa shape index (κ3) is 2.58. The highest BCUT2D eigenvalue weighted by molar-refractivity contribution is 6.23. The van der Waals surface area contributed by atoms with Crippen LogP contribution in [0, 0.1) is 13.8 Å². The zero-order chi connectivity index (χ0) is 17.6. The standard InChI is InChI=1S/C20H19N3O2/c1-12-4-3-5-13(2)19(12)23-18(24)11-17(20(23)25)22-15-7-6-14-8-9-21-16(14)10-15/h3-10,17,21-22H,11H2,1-2H3/t17-/m0/s1. The summed E-state index contributed by atoms with van der Waals surface area (Å²) in [6.45, 7) is 3.84. The van der Waals surface area contributed by atoms with Gasteiger partial charge in [0, 0.05) is 17.4 Å². The minimum Gasteiger partial charge on any atom is -0.373 e. The number of para-hydroxylation sites is 1. The van der Waals surface area contributed by atoms with E-state index in [2.05, 4.69) is 10.3 Å². The van der Waals surface area contributed by atoms with Gasteiger partial charge in [-0.25, -0.2) is 4.90 Å². The molecular weight excluding hydrogens is 314 g/mol. The topological polar surface area (TPSA) is 65.2 Å². The number of carbonyl (C=O) groups excluding carboxylic acids is 2. The molecule has 126 valence electrons. The molecule has 0 spiro atoms. The molecule has 1 aliphatic rings. The molecule has 3 aromatic rings. The Labute approximate surface area is 145 Å². The number of aromatic nitrogens is 1. The van der Waals surface area contributed by atoms with Crippen molar-refractivity contribution in [2.75, 3.05) is 10.2 Å². The number of amides is 2. The number of H-pyrrole nitrogens is 1. The van der Waals surface area contributed by atoms with Crippen LogP contribution in [-0.2, 0) is 9.59 Å². The van der Waals surface area contributed by atoms with Crippen molar-refractivity contribution in [1.29, 1.82) is 0 Å². The largest absolute Gasteiger partial charge is 0.373 e. The molecule has 1 aromatic heterocycles. The number of aryl methyl sites for hydroxylation is 2. The Hall–Kier alpha value is -3.08. The quantitative estimate of drug-likeness (QED) is 0.721. The fourth-order valence-electron chi connectivity index (χ4n) is 3.48. The number of anilines is 2. The number of nitrogens with one attached hydrogen (secondary N) is 2. The zero-order valence-electron chi connectivity index (χ0n) is 14.2. The van der Waals surface area contributed by atoms with Crippen LogP contribution < -0.4 is 10.2 Å². The van der Waals surface area contributed by atoms with Crippen LogP contribution in [0.2, 0.25) is 0 Å². The Balaban J connectivity index is 1.62. The van der Waals surface area contributed by atoms with Crippen molar-refractivity contribution in [2.45, 2.75) is 26.3 Å². The van der Waals surface area contributed by atoms with E-state index < -0.39 is 6.04 Å². The van der Waals surface area contributed by atoms with E-state index >= 15 is 0 Å². The van der Waals surface area contributed by atoms with Crippen LogP contribution >= 0.6 is 0 Å². The summed E-state index contributed by atoms with van der Waals surface area (Å²) in [5.74, 6) is -0.366. The number of imide groups is 1. The summed E-state index contributed by atoms with van der Waals surface area (Å²) in [5.41, 5.74) is 4.38. The predicted octanol–water partition coefficient (Wildman–Crippen LogP) is 3.53. The highest BCUT2D eigenvalue weighted by Crippen LogP contribution is 2.31. The average Bonchev–Trinajstić information content (AvgIpc) is 3.14. The van der Waals surface area contributed by atoms with Gasteiger partial charge in [-0.3, -0.25) is 9.59 Å². The lowest BCUT2D eigenvalue weighted by Crippen LogP contribution is -2.35. The smallest absolute Gasteiger partial charge is 0.256 e. The minimum atomic E-state index is -0.543. The monoisotopic (exact) mass is 333 g/mol. The summed E-state index contributed by atoms with van der Waals surface area (Å²) >= 11 is 0. The van der Waals surface area contributed by atoms with Gasteiger partial charge in [-0.2, -0.15) is 0 Å². The predicted molar refractivity (Wildman–Crippen MR) is 98.7 cm³/mol. The molecule has 5 heteroatoms. The Morgan fingerprint density at radius 1 is 1.08 bits per heavy atom. The van der Waals surface area contributed by atoms with Crippen molar-refractivity contribution < 1.29 is 9.59 Å². The van der Waals surface area contributed by atoms with Crippen molar-refractivity contribution in [1.82, 2.24) is 4.98 Å². The second kappa shape index (κ2) is 5.77. The first kappa shape index (κ1) is 15.4. The highest BCUT2D eigenvalue weighted by atomic mass is 16.2. The molecule has 0 saturated carbocycles. The van der Waals surface area contributed by atoms with Crippen LogP contribution in [-0.4, -0.2) is 22.8 Å². The number of nitrogens with zero attached hydrogens (tertiary/aromatic N) is 1. The molecule has 0 bridgehead atoms. The van der Waals surface area contributed by atoms with Crippen LogP contribution in [0.4, 0.5) is 11.4 Å². The summed E-state index contributed by atoms with van der Waals surface area (Å²) in [7, 11) is 0. The van der Waals surface area contributed by atoms with E-state index in [-0.39, 0.29) is 18.2 Å². The van der Waals surface area contributed by atoms with Crippen LogP contribution in [0.1, 0.15) is 17.5 Å². The number of benzene rings is 2. The van der Waals surface area contributed by atoms with E-state index in [0.717, 1.165) is 27.7 Å². The number of carbonyl (C=O) groups is 2. The summed E-state index contributed by atoms with van der Waals surface area (Å²) in [4.78, 5) is 29.9. The number of hydrogen-bond acceptors (Lipinski definition) is 3. The minimum absolute atomic E-state index is 0.162. The molecule has 2 amide bonds. The molecule has 4 rings (SSSR count). The van der Waals surface area contributed by atoms with Gasteiger partial charge in [0.25, 0.3) is 5.91 Å². The van der Waals surface area contributed by atoms with Gasteiger partial charge in [0.05, 0.1) is 12.1 Å². The first-order valence-corrected chi connectivity index (χ1v) is 8.31. The lowest BCUT2D eigenvalue weighted by atomic mass is 10.1. The van der Waals surface area contributed by atoms with Gasteiger partial charge in [-0.1, -0.05) is 24.3 Å². The summed E-state index contributed by atoms with van der Waals surface area (Å²) in [5, 5.41) is 4.32. The van der Waals surface area contributed by atoms with Gasteiger partial charge in [0.15, 0.2) is 0 Å². The Bertz CT molecular complexity index is 969. The molecule has 1 saturated heterocycles. The van der Waals surface area contributed by atoms with Crippen LogP contribution in [0.15, 0.2) is 48.7 Å². The maximum atomic E-state index is 12.9. The second-order valence-electron chi connectivity index (χ2n) is 6.49. The summed E-state index contributed by atoms with van der Waals surface area (Å²) in [6, 6.07) is 13.1. The fourth-order valence-corrected chi connectivity index (χ4v) is 3.48.